The highest BCUT2D eigenvalue weighted by Gasteiger charge is 2.20. The first-order valence-corrected chi connectivity index (χ1v) is 11.4. The molecule has 5 aromatic rings. The van der Waals surface area contributed by atoms with Gasteiger partial charge in [0.05, 0.1) is 41.3 Å². The second kappa shape index (κ2) is 8.08. The molecule has 6 nitrogen and oxygen atoms in total. The van der Waals surface area contributed by atoms with Gasteiger partial charge >= 0.3 is 0 Å². The van der Waals surface area contributed by atoms with Gasteiger partial charge in [0.2, 0.25) is 5.69 Å². The quantitative estimate of drug-likeness (QED) is 0.365. The van der Waals surface area contributed by atoms with Gasteiger partial charge in [0.15, 0.2) is 0 Å². The third kappa shape index (κ3) is 3.35. The molecule has 0 spiro atoms. The number of nitrogens with one attached hydrogen (secondary N) is 1. The number of pyridine rings is 1. The molecular weight excluding hydrogens is 427 g/mol. The zero-order valence-electron chi connectivity index (χ0n) is 18.8. The number of fused-ring (bicyclic) bond motifs is 2. The van der Waals surface area contributed by atoms with Crippen molar-refractivity contribution in [2.75, 3.05) is 13.1 Å². The van der Waals surface area contributed by atoms with Crippen molar-refractivity contribution in [3.05, 3.63) is 78.4 Å². The lowest BCUT2D eigenvalue weighted by Gasteiger charge is -2.15. The number of hydrogen-bond acceptors (Lipinski definition) is 3. The maximum absolute atomic E-state index is 14.7. The number of hydrogen-bond donors (Lipinski definition) is 1. The smallest absolute Gasteiger partial charge is 0.222 e. The molecule has 0 bridgehead atoms. The summed E-state index contributed by atoms with van der Waals surface area (Å²) in [6, 6.07) is 13.0. The van der Waals surface area contributed by atoms with Crippen LogP contribution in [0.1, 0.15) is 6.42 Å². The minimum atomic E-state index is -0.521. The van der Waals surface area contributed by atoms with E-state index in [-0.39, 0.29) is 5.69 Å². The van der Waals surface area contributed by atoms with E-state index in [0.29, 0.717) is 11.5 Å². The van der Waals surface area contributed by atoms with Crippen LogP contribution in [0.25, 0.3) is 49.2 Å². The number of nitrogens with zero attached hydrogens (tertiary/aromatic N) is 5. The SMILES string of the molecule is [C-]#[N+]c1ccc(-c2c(-c3ccc4c(c3)ncn4C)ncc3c2ccn3C[C@@H]2CCNC2)cc1F. The maximum Gasteiger partial charge on any atom is 0.222 e. The van der Waals surface area contributed by atoms with Crippen LogP contribution in [-0.4, -0.2) is 32.2 Å². The van der Waals surface area contributed by atoms with Gasteiger partial charge < -0.3 is 14.5 Å². The molecule has 34 heavy (non-hydrogen) atoms. The average molecular weight is 451 g/mol. The largest absolute Gasteiger partial charge is 0.346 e. The summed E-state index contributed by atoms with van der Waals surface area (Å²) in [6.45, 7) is 10.2. The molecule has 1 aliphatic heterocycles. The van der Waals surface area contributed by atoms with Crippen molar-refractivity contribution in [3.63, 3.8) is 0 Å². The summed E-state index contributed by atoms with van der Waals surface area (Å²) in [6.07, 6.45) is 6.97. The van der Waals surface area contributed by atoms with Crippen LogP contribution in [0, 0.1) is 18.3 Å². The number of aromatic nitrogens is 4. The van der Waals surface area contributed by atoms with Crippen molar-refractivity contribution in [1.29, 1.82) is 0 Å². The molecule has 6 rings (SSSR count). The van der Waals surface area contributed by atoms with E-state index >= 15 is 0 Å². The van der Waals surface area contributed by atoms with Crippen molar-refractivity contribution >= 4 is 27.6 Å². The van der Waals surface area contributed by atoms with E-state index in [1.807, 2.05) is 42.1 Å². The van der Waals surface area contributed by atoms with E-state index in [9.17, 15) is 4.39 Å². The Morgan fingerprint density at radius 1 is 1.12 bits per heavy atom. The summed E-state index contributed by atoms with van der Waals surface area (Å²) in [5.41, 5.74) is 6.24. The summed E-state index contributed by atoms with van der Waals surface area (Å²) in [7, 11) is 1.97. The lowest BCUT2D eigenvalue weighted by atomic mass is 9.95. The summed E-state index contributed by atoms with van der Waals surface area (Å²) >= 11 is 0. The Balaban J connectivity index is 1.56. The fourth-order valence-electron chi connectivity index (χ4n) is 5.01. The Labute approximate surface area is 196 Å². The van der Waals surface area contributed by atoms with Crippen LogP contribution in [0.4, 0.5) is 10.1 Å². The molecule has 7 heteroatoms. The standard InChI is InChI=1S/C27H23FN6/c1-29-22-5-3-18(11-21(22)28)26-20-8-10-34(15-17-7-9-30-13-17)25(20)14-31-27(26)19-4-6-24-23(12-19)32-16-33(24)2/h3-6,8,10-12,14,16-17,30H,7,9,13,15H2,2H3/t17-/m1/s1. The first kappa shape index (κ1) is 20.6. The van der Waals surface area contributed by atoms with Gasteiger partial charge in [-0.1, -0.05) is 18.2 Å². The molecule has 0 radical (unpaired) electrons. The molecule has 1 saturated heterocycles. The van der Waals surface area contributed by atoms with Gasteiger partial charge in [0.25, 0.3) is 0 Å². The fourth-order valence-corrected chi connectivity index (χ4v) is 5.01. The molecule has 0 amide bonds. The summed E-state index contributed by atoms with van der Waals surface area (Å²) in [4.78, 5) is 12.7. The Hall–Kier alpha value is -4.02. The molecule has 168 valence electrons. The van der Waals surface area contributed by atoms with E-state index in [1.54, 1.807) is 12.4 Å². The molecule has 0 unspecified atom stereocenters. The maximum atomic E-state index is 14.7. The molecule has 4 heterocycles. The van der Waals surface area contributed by atoms with Crippen LogP contribution in [0.5, 0.6) is 0 Å². The summed E-state index contributed by atoms with van der Waals surface area (Å²) in [5, 5.41) is 4.45. The van der Waals surface area contributed by atoms with Crippen LogP contribution in [0.2, 0.25) is 0 Å². The molecule has 1 atom stereocenters. The van der Waals surface area contributed by atoms with Crippen molar-refractivity contribution in [3.8, 4) is 22.4 Å². The van der Waals surface area contributed by atoms with Crippen LogP contribution < -0.4 is 5.32 Å². The van der Waals surface area contributed by atoms with E-state index in [2.05, 4.69) is 32.0 Å². The lowest BCUT2D eigenvalue weighted by molar-refractivity contribution is 0.491. The second-order valence-corrected chi connectivity index (χ2v) is 8.94. The van der Waals surface area contributed by atoms with Gasteiger partial charge in [0.1, 0.15) is 5.82 Å². The Morgan fingerprint density at radius 3 is 2.79 bits per heavy atom. The van der Waals surface area contributed by atoms with Gasteiger partial charge in [-0.2, -0.15) is 0 Å². The van der Waals surface area contributed by atoms with Gasteiger partial charge in [-0.15, -0.1) is 0 Å². The third-order valence-corrected chi connectivity index (χ3v) is 6.80. The zero-order valence-corrected chi connectivity index (χ0v) is 18.8. The molecular formula is C27H23FN6. The number of imidazole rings is 1. The highest BCUT2D eigenvalue weighted by atomic mass is 19.1. The molecule has 0 saturated carbocycles. The minimum absolute atomic E-state index is 0.0200. The number of halogens is 1. The van der Waals surface area contributed by atoms with Gasteiger partial charge in [-0.25, -0.2) is 14.2 Å². The predicted octanol–water partition coefficient (Wildman–Crippen LogP) is 5.56. The fraction of sp³-hybridized carbons (Fsp3) is 0.222. The van der Waals surface area contributed by atoms with Crippen LogP contribution >= 0.6 is 0 Å². The predicted molar refractivity (Wildman–Crippen MR) is 132 cm³/mol. The highest BCUT2D eigenvalue weighted by Crippen LogP contribution is 2.39. The zero-order chi connectivity index (χ0) is 23.2. The molecule has 1 aliphatic rings. The Kier molecular flexibility index (Phi) is 4.89. The van der Waals surface area contributed by atoms with E-state index < -0.39 is 5.82 Å². The summed E-state index contributed by atoms with van der Waals surface area (Å²) < 4.78 is 18.9. The molecule has 1 N–H and O–H groups in total. The average Bonchev–Trinajstić information content (AvgIpc) is 3.60. The molecule has 3 aromatic heterocycles. The molecule has 1 fully saturated rings. The highest BCUT2D eigenvalue weighted by molar-refractivity contribution is 6.02. The minimum Gasteiger partial charge on any atom is -0.346 e. The topological polar surface area (TPSA) is 52.0 Å². The molecule has 0 aliphatic carbocycles. The first-order valence-electron chi connectivity index (χ1n) is 11.4. The van der Waals surface area contributed by atoms with E-state index in [4.69, 9.17) is 11.6 Å². The molecule has 2 aromatic carbocycles. The monoisotopic (exact) mass is 450 g/mol. The van der Waals surface area contributed by atoms with Gasteiger partial charge in [-0.3, -0.25) is 4.98 Å². The van der Waals surface area contributed by atoms with E-state index in [1.165, 1.54) is 6.07 Å². The van der Waals surface area contributed by atoms with Crippen LogP contribution in [-0.2, 0) is 13.6 Å². The second-order valence-electron chi connectivity index (χ2n) is 8.94. The Morgan fingerprint density at radius 2 is 2.00 bits per heavy atom. The van der Waals surface area contributed by atoms with Crippen molar-refractivity contribution < 1.29 is 4.39 Å². The Bertz CT molecular complexity index is 1580. The number of benzene rings is 2. The summed E-state index contributed by atoms with van der Waals surface area (Å²) in [5.74, 6) is 0.0628. The van der Waals surface area contributed by atoms with Gasteiger partial charge in [-0.05, 0) is 55.3 Å². The van der Waals surface area contributed by atoms with Crippen molar-refractivity contribution in [2.24, 2.45) is 13.0 Å². The van der Waals surface area contributed by atoms with Crippen LogP contribution in [0.15, 0.2) is 61.2 Å². The van der Waals surface area contributed by atoms with Crippen molar-refractivity contribution in [1.82, 2.24) is 24.4 Å². The van der Waals surface area contributed by atoms with Crippen LogP contribution in [0.3, 0.4) is 0 Å². The first-order chi connectivity index (χ1) is 16.6. The number of aryl methyl sites for hydroxylation is 1. The number of rotatable bonds is 4. The van der Waals surface area contributed by atoms with Gasteiger partial charge in [0, 0.05) is 36.3 Å². The van der Waals surface area contributed by atoms with E-state index in [0.717, 1.165) is 64.8 Å². The van der Waals surface area contributed by atoms with Crippen molar-refractivity contribution in [2.45, 2.75) is 13.0 Å². The normalized spacial score (nSPS) is 15.9. The third-order valence-electron chi connectivity index (χ3n) is 6.80. The lowest BCUT2D eigenvalue weighted by Crippen LogP contribution is -2.14.